The lowest BCUT2D eigenvalue weighted by Crippen LogP contribution is -2.19. The summed E-state index contributed by atoms with van der Waals surface area (Å²) < 4.78 is 0.307. The van der Waals surface area contributed by atoms with Crippen LogP contribution >= 0.6 is 31.9 Å². The highest BCUT2D eigenvalue weighted by molar-refractivity contribution is 9.25. The molecule has 5 fully saturated rings. The minimum atomic E-state index is 0.307. The predicted molar refractivity (Wildman–Crippen MR) is 102 cm³/mol. The van der Waals surface area contributed by atoms with Crippen molar-refractivity contribution in [3.8, 4) is 0 Å². The van der Waals surface area contributed by atoms with Crippen molar-refractivity contribution in [2.75, 3.05) is 0 Å². The third-order valence-corrected chi connectivity index (χ3v) is 10.5. The van der Waals surface area contributed by atoms with Gasteiger partial charge in [0.2, 0.25) is 0 Å². The van der Waals surface area contributed by atoms with E-state index in [9.17, 15) is 0 Å². The van der Waals surface area contributed by atoms with Crippen LogP contribution in [0.25, 0.3) is 0 Å². The Morgan fingerprint density at radius 1 is 0.591 bits per heavy atom. The van der Waals surface area contributed by atoms with Crippen molar-refractivity contribution in [1.29, 1.82) is 0 Å². The van der Waals surface area contributed by atoms with Crippen LogP contribution < -0.4 is 0 Å². The maximum absolute atomic E-state index is 4.10. The van der Waals surface area contributed by atoms with Crippen LogP contribution in [0.5, 0.6) is 0 Å². The lowest BCUT2D eigenvalue weighted by atomic mass is 9.77. The highest BCUT2D eigenvalue weighted by Crippen LogP contribution is 2.86. The summed E-state index contributed by atoms with van der Waals surface area (Å²) in [5, 5.41) is 0. The lowest BCUT2D eigenvalue weighted by molar-refractivity contribution is 0.220. The zero-order chi connectivity index (χ0) is 15.3. The maximum Gasteiger partial charge on any atom is 0.0899 e. The van der Waals surface area contributed by atoms with Gasteiger partial charge in [0.05, 0.1) is 3.23 Å². The Kier molecular flexibility index (Phi) is 4.51. The summed E-state index contributed by atoms with van der Waals surface area (Å²) in [5.41, 5.74) is 1.41. The summed E-state index contributed by atoms with van der Waals surface area (Å²) in [5.74, 6) is 2.00. The predicted octanol–water partition coefficient (Wildman–Crippen LogP) is 7.58. The Labute approximate surface area is 153 Å². The normalized spacial score (nSPS) is 48.3. The molecule has 0 aliphatic heterocycles. The van der Waals surface area contributed by atoms with Gasteiger partial charge >= 0.3 is 0 Å². The van der Waals surface area contributed by atoms with Crippen molar-refractivity contribution in [1.82, 2.24) is 0 Å². The zero-order valence-electron chi connectivity index (χ0n) is 14.0. The molecule has 126 valence electrons. The number of halogens is 2. The van der Waals surface area contributed by atoms with Crippen molar-refractivity contribution in [2.24, 2.45) is 22.7 Å². The van der Waals surface area contributed by atoms with Crippen molar-refractivity contribution in [2.45, 2.75) is 99.5 Å². The molecule has 4 atom stereocenters. The first-order chi connectivity index (χ1) is 10.6. The molecule has 0 radical (unpaired) electrons. The standard InChI is InChI=1S/C20H32Br2/c21-20(22)17-15-18-11-9-7-5-3-1-2-4-6-8-10-12-19(17,20)14-16(18)13-18/h16-17H,1-15H2/t16-,17-,18+,19+/m1/s1. The molecule has 5 rings (SSSR count). The molecular formula is C20H32Br2. The molecule has 5 saturated carbocycles. The highest BCUT2D eigenvalue weighted by atomic mass is 79.9. The van der Waals surface area contributed by atoms with E-state index in [1.807, 2.05) is 0 Å². The molecule has 22 heavy (non-hydrogen) atoms. The molecular weight excluding hydrogens is 400 g/mol. The van der Waals surface area contributed by atoms with Gasteiger partial charge in [-0.05, 0) is 49.4 Å². The van der Waals surface area contributed by atoms with Crippen molar-refractivity contribution in [3.63, 3.8) is 0 Å². The molecule has 0 heterocycles. The average molecular weight is 432 g/mol. The quantitative estimate of drug-likeness (QED) is 0.346. The summed E-state index contributed by atoms with van der Waals surface area (Å²) >= 11 is 8.20. The number of fused-ring (bicyclic) bond motifs is 11. The van der Waals surface area contributed by atoms with Crippen LogP contribution in [0.4, 0.5) is 0 Å². The van der Waals surface area contributed by atoms with Gasteiger partial charge in [-0.2, -0.15) is 0 Å². The van der Waals surface area contributed by atoms with Crippen LogP contribution in [-0.2, 0) is 0 Å². The van der Waals surface area contributed by atoms with Crippen LogP contribution in [0.2, 0.25) is 0 Å². The van der Waals surface area contributed by atoms with E-state index in [-0.39, 0.29) is 0 Å². The van der Waals surface area contributed by atoms with Crippen molar-refractivity contribution < 1.29 is 0 Å². The summed E-state index contributed by atoms with van der Waals surface area (Å²) in [6.07, 6.45) is 22.5. The molecule has 0 N–H and O–H groups in total. The third kappa shape index (κ3) is 2.67. The van der Waals surface area contributed by atoms with Crippen molar-refractivity contribution in [3.05, 3.63) is 0 Å². The van der Waals surface area contributed by atoms with E-state index in [4.69, 9.17) is 0 Å². The first-order valence-electron chi connectivity index (χ1n) is 9.99. The monoisotopic (exact) mass is 430 g/mol. The number of rotatable bonds is 0. The van der Waals surface area contributed by atoms with Gasteiger partial charge in [0.1, 0.15) is 0 Å². The topological polar surface area (TPSA) is 0 Å². The molecule has 0 aromatic carbocycles. The SMILES string of the molecule is BrC1(Br)[C@@H]2C[C@@]34CCCCCCCCCCCC[C@]21C[C@H]3C4. The van der Waals surface area contributed by atoms with Crippen LogP contribution in [0.3, 0.4) is 0 Å². The van der Waals surface area contributed by atoms with Gasteiger partial charge in [-0.1, -0.05) is 96.1 Å². The van der Waals surface area contributed by atoms with Gasteiger partial charge in [0.25, 0.3) is 0 Å². The highest BCUT2D eigenvalue weighted by Gasteiger charge is 2.80. The summed E-state index contributed by atoms with van der Waals surface area (Å²) in [6.45, 7) is 0. The Hall–Kier alpha value is 0.960. The molecule has 5 aliphatic rings. The Bertz CT molecular complexity index is 418. The van der Waals surface area contributed by atoms with Crippen molar-refractivity contribution >= 4 is 31.9 Å². The fourth-order valence-corrected chi connectivity index (χ4v) is 8.44. The van der Waals surface area contributed by atoms with E-state index in [1.165, 1.54) is 83.5 Å². The largest absolute Gasteiger partial charge is 0.0899 e. The summed E-state index contributed by atoms with van der Waals surface area (Å²) in [7, 11) is 0. The van der Waals surface area contributed by atoms with Gasteiger partial charge in [-0.25, -0.2) is 0 Å². The lowest BCUT2D eigenvalue weighted by Gasteiger charge is -2.28. The number of hydrogen-bond acceptors (Lipinski definition) is 0. The van der Waals surface area contributed by atoms with Crippen LogP contribution in [0, 0.1) is 22.7 Å². The Morgan fingerprint density at radius 3 is 1.77 bits per heavy atom. The first-order valence-corrected chi connectivity index (χ1v) is 11.6. The van der Waals surface area contributed by atoms with Gasteiger partial charge < -0.3 is 0 Å². The third-order valence-electron chi connectivity index (χ3n) is 7.81. The number of hydrogen-bond donors (Lipinski definition) is 0. The van der Waals surface area contributed by atoms with E-state index in [0.717, 1.165) is 17.3 Å². The fraction of sp³-hybridized carbons (Fsp3) is 1.00. The Morgan fingerprint density at radius 2 is 1.14 bits per heavy atom. The molecule has 0 nitrogen and oxygen atoms in total. The Balaban J connectivity index is 1.42. The molecule has 0 saturated heterocycles. The average Bonchev–Trinajstić information content (AvgIpc) is 3.30. The smallest absolute Gasteiger partial charge is 0.0718 e. The van der Waals surface area contributed by atoms with E-state index in [0.29, 0.717) is 8.65 Å². The van der Waals surface area contributed by atoms with Crippen LogP contribution in [0.15, 0.2) is 0 Å². The number of alkyl halides is 2. The molecule has 2 heteroatoms. The molecule has 5 aliphatic carbocycles. The second-order valence-electron chi connectivity index (χ2n) is 9.04. The molecule has 0 aromatic rings. The van der Waals surface area contributed by atoms with E-state index in [2.05, 4.69) is 31.9 Å². The van der Waals surface area contributed by atoms with Gasteiger partial charge in [0.15, 0.2) is 0 Å². The van der Waals surface area contributed by atoms with Crippen LogP contribution in [0.1, 0.15) is 96.3 Å². The molecule has 0 amide bonds. The zero-order valence-corrected chi connectivity index (χ0v) is 17.2. The minimum Gasteiger partial charge on any atom is -0.0718 e. The molecule has 2 bridgehead atoms. The minimum absolute atomic E-state index is 0.307. The van der Waals surface area contributed by atoms with Gasteiger partial charge in [-0.15, -0.1) is 0 Å². The maximum atomic E-state index is 4.10. The second kappa shape index (κ2) is 6.04. The first kappa shape index (κ1) is 16.4. The fourth-order valence-electron chi connectivity index (χ4n) is 6.19. The van der Waals surface area contributed by atoms with Gasteiger partial charge in [-0.3, -0.25) is 0 Å². The van der Waals surface area contributed by atoms with E-state index < -0.39 is 0 Å². The van der Waals surface area contributed by atoms with Crippen LogP contribution in [-0.4, -0.2) is 3.23 Å². The molecule has 0 unspecified atom stereocenters. The molecule has 0 aromatic heterocycles. The summed E-state index contributed by atoms with van der Waals surface area (Å²) in [4.78, 5) is 0. The second-order valence-corrected chi connectivity index (χ2v) is 12.6. The summed E-state index contributed by atoms with van der Waals surface area (Å²) in [6, 6.07) is 0. The van der Waals surface area contributed by atoms with E-state index in [1.54, 1.807) is 12.8 Å². The van der Waals surface area contributed by atoms with Gasteiger partial charge in [0, 0.05) is 5.41 Å². The van der Waals surface area contributed by atoms with E-state index >= 15 is 0 Å². The molecule has 2 spiro atoms.